The third-order valence-electron chi connectivity index (χ3n) is 5.68. The van der Waals surface area contributed by atoms with Gasteiger partial charge in [-0.3, -0.25) is 9.59 Å². The number of benzene rings is 2. The van der Waals surface area contributed by atoms with Crippen LogP contribution in [0.15, 0.2) is 54.7 Å². The van der Waals surface area contributed by atoms with Crippen molar-refractivity contribution >= 4 is 22.7 Å². The summed E-state index contributed by atoms with van der Waals surface area (Å²) >= 11 is 0. The molecule has 3 aromatic rings. The number of rotatable bonds is 4. The fourth-order valence-electron chi connectivity index (χ4n) is 4.14. The molecule has 28 heavy (non-hydrogen) atoms. The molecule has 0 saturated carbocycles. The minimum atomic E-state index is -0.351. The van der Waals surface area contributed by atoms with E-state index in [1.165, 1.54) is 10.9 Å². The lowest BCUT2D eigenvalue weighted by Gasteiger charge is -2.35. The van der Waals surface area contributed by atoms with Crippen molar-refractivity contribution in [2.24, 2.45) is 12.8 Å². The standard InChI is InChI=1S/C23H25N3O2/c1-25-13-11-19-14-18(9-10-21(19)25)16-5-7-17(8-6-16)23(28)26-12-3-2-4-20(26)15-22(24)27/h5-11,13-14,20H,2-4,12,15H2,1H3,(H2,24,27)/t20-/m1/s1. The minimum absolute atomic E-state index is 0.0176. The molecule has 1 aliphatic rings. The summed E-state index contributed by atoms with van der Waals surface area (Å²) in [5.41, 5.74) is 9.43. The number of amides is 2. The van der Waals surface area contributed by atoms with E-state index in [9.17, 15) is 9.59 Å². The number of aryl methyl sites for hydroxylation is 1. The van der Waals surface area contributed by atoms with Crippen LogP contribution in [0, 0.1) is 0 Å². The Kier molecular flexibility index (Phi) is 4.90. The van der Waals surface area contributed by atoms with Crippen molar-refractivity contribution in [1.82, 2.24) is 9.47 Å². The second-order valence-corrected chi connectivity index (χ2v) is 7.60. The second-order valence-electron chi connectivity index (χ2n) is 7.60. The highest BCUT2D eigenvalue weighted by molar-refractivity contribution is 5.95. The summed E-state index contributed by atoms with van der Waals surface area (Å²) in [5.74, 6) is -0.368. The summed E-state index contributed by atoms with van der Waals surface area (Å²) in [4.78, 5) is 26.2. The smallest absolute Gasteiger partial charge is 0.254 e. The number of carbonyl (C=O) groups excluding carboxylic acids is 2. The van der Waals surface area contributed by atoms with Crippen molar-refractivity contribution < 1.29 is 9.59 Å². The lowest BCUT2D eigenvalue weighted by molar-refractivity contribution is -0.119. The number of primary amides is 1. The van der Waals surface area contributed by atoms with Crippen LogP contribution in [-0.4, -0.2) is 33.9 Å². The Morgan fingerprint density at radius 3 is 2.54 bits per heavy atom. The molecule has 0 bridgehead atoms. The molecule has 0 radical (unpaired) electrons. The first-order chi connectivity index (χ1) is 13.5. The topological polar surface area (TPSA) is 68.3 Å². The Labute approximate surface area is 164 Å². The van der Waals surface area contributed by atoms with Crippen molar-refractivity contribution in [2.75, 3.05) is 6.54 Å². The van der Waals surface area contributed by atoms with Crippen LogP contribution in [-0.2, 0) is 11.8 Å². The summed E-state index contributed by atoms with van der Waals surface area (Å²) in [6.45, 7) is 0.684. The van der Waals surface area contributed by atoms with Gasteiger partial charge in [0.25, 0.3) is 5.91 Å². The molecule has 4 rings (SSSR count). The van der Waals surface area contributed by atoms with Gasteiger partial charge in [0.2, 0.25) is 5.91 Å². The molecule has 1 aliphatic heterocycles. The molecule has 0 unspecified atom stereocenters. The molecule has 2 N–H and O–H groups in total. The molecule has 2 aromatic carbocycles. The first kappa shape index (κ1) is 18.3. The first-order valence-electron chi connectivity index (χ1n) is 9.78. The van der Waals surface area contributed by atoms with Crippen LogP contribution in [0.5, 0.6) is 0 Å². The zero-order chi connectivity index (χ0) is 19.7. The van der Waals surface area contributed by atoms with Crippen molar-refractivity contribution in [3.05, 3.63) is 60.3 Å². The zero-order valence-electron chi connectivity index (χ0n) is 16.1. The number of nitrogens with two attached hydrogens (primary N) is 1. The van der Waals surface area contributed by atoms with Gasteiger partial charge in [-0.25, -0.2) is 0 Å². The number of nitrogens with zero attached hydrogens (tertiary/aromatic N) is 2. The van der Waals surface area contributed by atoms with E-state index in [0.717, 1.165) is 30.4 Å². The fraction of sp³-hybridized carbons (Fsp3) is 0.304. The number of likely N-dealkylation sites (tertiary alicyclic amines) is 1. The van der Waals surface area contributed by atoms with Crippen molar-refractivity contribution in [2.45, 2.75) is 31.7 Å². The van der Waals surface area contributed by atoms with Gasteiger partial charge in [0.05, 0.1) is 0 Å². The molecular weight excluding hydrogens is 350 g/mol. The highest BCUT2D eigenvalue weighted by Crippen LogP contribution is 2.27. The van der Waals surface area contributed by atoms with Gasteiger partial charge in [0, 0.05) is 48.7 Å². The Bertz CT molecular complexity index is 1020. The molecule has 0 aliphatic carbocycles. The molecule has 1 saturated heterocycles. The van der Waals surface area contributed by atoms with Crippen LogP contribution in [0.1, 0.15) is 36.0 Å². The van der Waals surface area contributed by atoms with Gasteiger partial charge in [-0.1, -0.05) is 18.2 Å². The van der Waals surface area contributed by atoms with E-state index in [2.05, 4.69) is 35.0 Å². The predicted octanol–water partition coefficient (Wildman–Crippen LogP) is 3.72. The van der Waals surface area contributed by atoms with E-state index >= 15 is 0 Å². The lowest BCUT2D eigenvalue weighted by atomic mass is 9.97. The van der Waals surface area contributed by atoms with Gasteiger partial charge in [0.1, 0.15) is 0 Å². The average molecular weight is 375 g/mol. The quantitative estimate of drug-likeness (QED) is 0.755. The van der Waals surface area contributed by atoms with Gasteiger partial charge in [0.15, 0.2) is 0 Å². The molecule has 0 spiro atoms. The van der Waals surface area contributed by atoms with Gasteiger partial charge in [-0.2, -0.15) is 0 Å². The molecule has 5 heteroatoms. The Hall–Kier alpha value is -3.08. The van der Waals surface area contributed by atoms with E-state index in [0.29, 0.717) is 12.1 Å². The number of hydrogen-bond acceptors (Lipinski definition) is 2. The number of fused-ring (bicyclic) bond motifs is 1. The van der Waals surface area contributed by atoms with E-state index in [4.69, 9.17) is 5.73 Å². The van der Waals surface area contributed by atoms with Crippen molar-refractivity contribution in [1.29, 1.82) is 0 Å². The number of aromatic nitrogens is 1. The van der Waals surface area contributed by atoms with Crippen molar-refractivity contribution in [3.63, 3.8) is 0 Å². The SMILES string of the molecule is Cn1ccc2cc(-c3ccc(C(=O)N4CCCC[C@@H]4CC(N)=O)cc3)ccc21. The highest BCUT2D eigenvalue weighted by atomic mass is 16.2. The summed E-state index contributed by atoms with van der Waals surface area (Å²) < 4.78 is 2.10. The van der Waals surface area contributed by atoms with Crippen LogP contribution >= 0.6 is 0 Å². The molecule has 1 atom stereocenters. The van der Waals surface area contributed by atoms with Gasteiger partial charge < -0.3 is 15.2 Å². The minimum Gasteiger partial charge on any atom is -0.370 e. The van der Waals surface area contributed by atoms with Gasteiger partial charge >= 0.3 is 0 Å². The Morgan fingerprint density at radius 1 is 1.04 bits per heavy atom. The zero-order valence-corrected chi connectivity index (χ0v) is 16.1. The highest BCUT2D eigenvalue weighted by Gasteiger charge is 2.28. The number of carbonyl (C=O) groups is 2. The van der Waals surface area contributed by atoms with Crippen molar-refractivity contribution in [3.8, 4) is 11.1 Å². The van der Waals surface area contributed by atoms with Crippen LogP contribution in [0.3, 0.4) is 0 Å². The van der Waals surface area contributed by atoms with E-state index in [1.54, 1.807) is 0 Å². The van der Waals surface area contributed by atoms with Crippen LogP contribution in [0.25, 0.3) is 22.0 Å². The van der Waals surface area contributed by atoms with Crippen LogP contribution < -0.4 is 5.73 Å². The Morgan fingerprint density at radius 2 is 1.79 bits per heavy atom. The molecule has 1 fully saturated rings. The van der Waals surface area contributed by atoms with E-state index < -0.39 is 0 Å². The maximum absolute atomic E-state index is 13.0. The molecule has 144 valence electrons. The van der Waals surface area contributed by atoms with E-state index in [1.807, 2.05) is 36.2 Å². The number of hydrogen-bond donors (Lipinski definition) is 1. The summed E-state index contributed by atoms with van der Waals surface area (Å²) in [5, 5.41) is 1.20. The molecule has 1 aromatic heterocycles. The normalized spacial score (nSPS) is 17.0. The monoisotopic (exact) mass is 375 g/mol. The number of piperidine rings is 1. The first-order valence-corrected chi connectivity index (χ1v) is 9.78. The van der Waals surface area contributed by atoms with Crippen LogP contribution in [0.4, 0.5) is 0 Å². The lowest BCUT2D eigenvalue weighted by Crippen LogP contribution is -2.45. The summed E-state index contributed by atoms with van der Waals surface area (Å²) in [6, 6.07) is 16.1. The van der Waals surface area contributed by atoms with Crippen LogP contribution in [0.2, 0.25) is 0 Å². The third kappa shape index (κ3) is 3.52. The molecule has 2 heterocycles. The molecule has 2 amide bonds. The summed E-state index contributed by atoms with van der Waals surface area (Å²) in [7, 11) is 2.04. The largest absolute Gasteiger partial charge is 0.370 e. The predicted molar refractivity (Wildman–Crippen MR) is 111 cm³/mol. The second kappa shape index (κ2) is 7.50. The summed E-state index contributed by atoms with van der Waals surface area (Å²) in [6.07, 6.45) is 5.13. The molecule has 5 nitrogen and oxygen atoms in total. The molecular formula is C23H25N3O2. The van der Waals surface area contributed by atoms with Gasteiger partial charge in [-0.15, -0.1) is 0 Å². The van der Waals surface area contributed by atoms with E-state index in [-0.39, 0.29) is 24.3 Å². The van der Waals surface area contributed by atoms with Gasteiger partial charge in [-0.05, 0) is 60.7 Å². The third-order valence-corrected chi connectivity index (χ3v) is 5.68. The maximum atomic E-state index is 13.0. The average Bonchev–Trinajstić information content (AvgIpc) is 3.08. The Balaban J connectivity index is 1.56. The maximum Gasteiger partial charge on any atom is 0.254 e. The fourth-order valence-corrected chi connectivity index (χ4v) is 4.14.